The van der Waals surface area contributed by atoms with Crippen LogP contribution in [0, 0.1) is 6.92 Å². The van der Waals surface area contributed by atoms with Gasteiger partial charge >= 0.3 is 0 Å². The molecular weight excluding hydrogens is 593 g/mol. The maximum atomic E-state index is 14.1. The Morgan fingerprint density at radius 1 is 0.900 bits per heavy atom. The molecule has 40 heavy (non-hydrogen) atoms. The third-order valence-corrected chi connectivity index (χ3v) is 9.31. The summed E-state index contributed by atoms with van der Waals surface area (Å²) in [5.41, 5.74) is 1.41. The maximum absolute atomic E-state index is 14.1. The van der Waals surface area contributed by atoms with Crippen molar-refractivity contribution in [3.63, 3.8) is 0 Å². The summed E-state index contributed by atoms with van der Waals surface area (Å²) < 4.78 is 28.9. The van der Waals surface area contributed by atoms with Gasteiger partial charge < -0.3 is 10.2 Å². The SMILES string of the molecule is CCCNC(=O)C(CC)N(Cc1ccc(Cl)c(Cl)c1)C(=O)CN(c1cccc(Cl)c1C)S(=O)(=O)c1ccccc1. The van der Waals surface area contributed by atoms with Crippen LogP contribution in [-0.4, -0.2) is 44.3 Å². The van der Waals surface area contributed by atoms with E-state index in [1.54, 1.807) is 68.4 Å². The van der Waals surface area contributed by atoms with Crippen molar-refractivity contribution < 1.29 is 18.0 Å². The number of benzene rings is 3. The van der Waals surface area contributed by atoms with Crippen molar-refractivity contribution in [2.75, 3.05) is 17.4 Å². The second-order valence-electron chi connectivity index (χ2n) is 9.19. The lowest BCUT2D eigenvalue weighted by molar-refractivity contribution is -0.140. The Labute approximate surface area is 251 Å². The van der Waals surface area contributed by atoms with Crippen molar-refractivity contribution in [1.82, 2.24) is 10.2 Å². The van der Waals surface area contributed by atoms with E-state index >= 15 is 0 Å². The van der Waals surface area contributed by atoms with Gasteiger partial charge in [-0.05, 0) is 67.3 Å². The standard InChI is InChI=1S/C29H32Cl3N3O4S/c1-4-16-33-29(37)26(5-2)34(18-21-14-15-24(31)25(32)17-21)28(36)19-35(27-13-9-12-23(30)20(27)3)40(38,39)22-10-7-6-8-11-22/h6-15,17,26H,4-5,16,18-19H2,1-3H3,(H,33,37). The van der Waals surface area contributed by atoms with Gasteiger partial charge in [0, 0.05) is 18.1 Å². The van der Waals surface area contributed by atoms with E-state index in [1.807, 2.05) is 6.92 Å². The molecule has 3 rings (SSSR count). The maximum Gasteiger partial charge on any atom is 0.264 e. The number of nitrogens with zero attached hydrogens (tertiary/aromatic N) is 2. The molecule has 7 nitrogen and oxygen atoms in total. The quantitative estimate of drug-likeness (QED) is 0.250. The monoisotopic (exact) mass is 623 g/mol. The molecule has 1 N–H and O–H groups in total. The molecule has 3 aromatic carbocycles. The van der Waals surface area contributed by atoms with Crippen LogP contribution in [0.5, 0.6) is 0 Å². The molecule has 1 unspecified atom stereocenters. The van der Waals surface area contributed by atoms with Crippen LogP contribution < -0.4 is 9.62 Å². The average Bonchev–Trinajstić information content (AvgIpc) is 2.94. The average molecular weight is 625 g/mol. The van der Waals surface area contributed by atoms with Crippen LogP contribution in [0.25, 0.3) is 0 Å². The van der Waals surface area contributed by atoms with Crippen molar-refractivity contribution in [3.05, 3.63) is 92.9 Å². The van der Waals surface area contributed by atoms with E-state index < -0.39 is 28.5 Å². The molecule has 2 amide bonds. The second kappa shape index (κ2) is 14.2. The topological polar surface area (TPSA) is 86.8 Å². The van der Waals surface area contributed by atoms with Gasteiger partial charge in [-0.2, -0.15) is 0 Å². The summed E-state index contributed by atoms with van der Waals surface area (Å²) in [5, 5.41) is 3.87. The number of sulfonamides is 1. The van der Waals surface area contributed by atoms with Crippen molar-refractivity contribution in [2.45, 2.75) is 51.1 Å². The zero-order valence-electron chi connectivity index (χ0n) is 22.5. The number of rotatable bonds is 12. The number of anilines is 1. The van der Waals surface area contributed by atoms with Crippen molar-refractivity contribution in [2.24, 2.45) is 0 Å². The molecule has 0 aliphatic carbocycles. The Morgan fingerprint density at radius 3 is 2.23 bits per heavy atom. The Kier molecular flexibility index (Phi) is 11.3. The lowest BCUT2D eigenvalue weighted by Gasteiger charge is -2.33. The van der Waals surface area contributed by atoms with Gasteiger partial charge in [0.05, 0.1) is 20.6 Å². The van der Waals surface area contributed by atoms with E-state index in [0.29, 0.717) is 39.2 Å². The first kappa shape index (κ1) is 31.7. The highest BCUT2D eigenvalue weighted by atomic mass is 35.5. The molecule has 0 radical (unpaired) electrons. The van der Waals surface area contributed by atoms with E-state index in [0.717, 1.165) is 10.7 Å². The zero-order valence-corrected chi connectivity index (χ0v) is 25.6. The van der Waals surface area contributed by atoms with E-state index in [9.17, 15) is 18.0 Å². The summed E-state index contributed by atoms with van der Waals surface area (Å²) in [4.78, 5) is 28.7. The van der Waals surface area contributed by atoms with Crippen LogP contribution in [0.2, 0.25) is 15.1 Å². The fourth-order valence-electron chi connectivity index (χ4n) is 4.22. The fourth-order valence-corrected chi connectivity index (χ4v) is 6.20. The fraction of sp³-hybridized carbons (Fsp3) is 0.310. The largest absolute Gasteiger partial charge is 0.354 e. The molecule has 0 heterocycles. The predicted molar refractivity (Wildman–Crippen MR) is 162 cm³/mol. The molecular formula is C29H32Cl3N3O4S. The molecule has 0 bridgehead atoms. The summed E-state index contributed by atoms with van der Waals surface area (Å²) in [5.74, 6) is -0.891. The van der Waals surface area contributed by atoms with Crippen molar-refractivity contribution >= 4 is 62.3 Å². The smallest absolute Gasteiger partial charge is 0.264 e. The van der Waals surface area contributed by atoms with Crippen LogP contribution in [-0.2, 0) is 26.2 Å². The molecule has 1 atom stereocenters. The Balaban J connectivity index is 2.09. The minimum atomic E-state index is -4.19. The number of hydrogen-bond donors (Lipinski definition) is 1. The number of amides is 2. The molecule has 0 aliphatic heterocycles. The number of nitrogens with one attached hydrogen (secondary N) is 1. The Morgan fingerprint density at radius 2 is 1.60 bits per heavy atom. The van der Waals surface area contributed by atoms with E-state index in [2.05, 4.69) is 5.32 Å². The van der Waals surface area contributed by atoms with Gasteiger partial charge in [0.2, 0.25) is 11.8 Å². The van der Waals surface area contributed by atoms with Crippen LogP contribution in [0.3, 0.4) is 0 Å². The van der Waals surface area contributed by atoms with Gasteiger partial charge in [0.15, 0.2) is 0 Å². The first-order valence-electron chi connectivity index (χ1n) is 12.8. The highest BCUT2D eigenvalue weighted by Gasteiger charge is 2.34. The molecule has 3 aromatic rings. The first-order chi connectivity index (χ1) is 19.0. The summed E-state index contributed by atoms with van der Waals surface area (Å²) in [6, 6.07) is 16.8. The third kappa shape index (κ3) is 7.49. The van der Waals surface area contributed by atoms with E-state index in [-0.39, 0.29) is 23.0 Å². The zero-order chi connectivity index (χ0) is 29.4. The van der Waals surface area contributed by atoms with Gasteiger partial charge in [0.1, 0.15) is 12.6 Å². The van der Waals surface area contributed by atoms with Crippen LogP contribution >= 0.6 is 34.8 Å². The molecule has 0 spiro atoms. The Bertz CT molecular complexity index is 1450. The lowest BCUT2D eigenvalue weighted by Crippen LogP contribution is -2.52. The van der Waals surface area contributed by atoms with Crippen LogP contribution in [0.15, 0.2) is 71.6 Å². The molecule has 11 heteroatoms. The summed E-state index contributed by atoms with van der Waals surface area (Å²) in [7, 11) is -4.19. The van der Waals surface area contributed by atoms with Gasteiger partial charge in [0.25, 0.3) is 10.0 Å². The molecule has 0 saturated heterocycles. The second-order valence-corrected chi connectivity index (χ2v) is 12.3. The van der Waals surface area contributed by atoms with Gasteiger partial charge in [-0.3, -0.25) is 13.9 Å². The van der Waals surface area contributed by atoms with Gasteiger partial charge in [-0.1, -0.05) is 79.0 Å². The lowest BCUT2D eigenvalue weighted by atomic mass is 10.1. The van der Waals surface area contributed by atoms with E-state index in [1.165, 1.54) is 17.0 Å². The summed E-state index contributed by atoms with van der Waals surface area (Å²) in [6.45, 7) is 5.32. The minimum Gasteiger partial charge on any atom is -0.354 e. The minimum absolute atomic E-state index is 0.0154. The van der Waals surface area contributed by atoms with Crippen LogP contribution in [0.4, 0.5) is 5.69 Å². The van der Waals surface area contributed by atoms with Gasteiger partial charge in [-0.15, -0.1) is 0 Å². The number of halogens is 3. The highest BCUT2D eigenvalue weighted by molar-refractivity contribution is 7.92. The Hall–Kier alpha value is -2.78. The third-order valence-electron chi connectivity index (χ3n) is 6.39. The molecule has 0 saturated carbocycles. The van der Waals surface area contributed by atoms with E-state index in [4.69, 9.17) is 34.8 Å². The number of carbonyl (C=O) groups is 2. The van der Waals surface area contributed by atoms with Crippen LogP contribution in [0.1, 0.15) is 37.8 Å². The molecule has 0 aliphatic rings. The summed E-state index contributed by atoms with van der Waals surface area (Å²) >= 11 is 18.7. The summed E-state index contributed by atoms with van der Waals surface area (Å²) in [6.07, 6.45) is 1.03. The predicted octanol–water partition coefficient (Wildman–Crippen LogP) is 6.48. The normalized spacial score (nSPS) is 12.1. The van der Waals surface area contributed by atoms with Crippen molar-refractivity contribution in [1.29, 1.82) is 0 Å². The molecule has 214 valence electrons. The van der Waals surface area contributed by atoms with Gasteiger partial charge in [-0.25, -0.2) is 8.42 Å². The van der Waals surface area contributed by atoms with Crippen molar-refractivity contribution in [3.8, 4) is 0 Å². The number of carbonyl (C=O) groups excluding carboxylic acids is 2. The molecule has 0 fully saturated rings. The molecule has 0 aromatic heterocycles. The number of hydrogen-bond acceptors (Lipinski definition) is 4. The highest BCUT2D eigenvalue weighted by Crippen LogP contribution is 2.31. The first-order valence-corrected chi connectivity index (χ1v) is 15.4.